The third-order valence-electron chi connectivity index (χ3n) is 2.92. The maximum atomic E-state index is 11.7. The van der Waals surface area contributed by atoms with Crippen molar-refractivity contribution >= 4 is 21.9 Å². The Balaban J connectivity index is 2.43. The molecule has 6 nitrogen and oxygen atoms in total. The zero-order chi connectivity index (χ0) is 13.6. The van der Waals surface area contributed by atoms with Gasteiger partial charge in [0.15, 0.2) is 0 Å². The van der Waals surface area contributed by atoms with E-state index in [2.05, 4.69) is 23.3 Å². The van der Waals surface area contributed by atoms with Gasteiger partial charge in [0.05, 0.1) is 0 Å². The van der Waals surface area contributed by atoms with Gasteiger partial charge in [0, 0.05) is 17.6 Å². The number of benzene rings is 1. The minimum Gasteiger partial charge on any atom is -0.384 e. The van der Waals surface area contributed by atoms with Crippen LogP contribution in [0.1, 0.15) is 19.4 Å². The summed E-state index contributed by atoms with van der Waals surface area (Å²) in [6, 6.07) is 4.57. The van der Waals surface area contributed by atoms with Crippen LogP contribution in [0, 0.1) is 0 Å². The van der Waals surface area contributed by atoms with Crippen molar-refractivity contribution in [3.8, 4) is 0 Å². The van der Waals surface area contributed by atoms with Crippen LogP contribution in [0.3, 0.4) is 0 Å². The molecular weight excluding hydrogens is 256 g/mol. The molecule has 0 fully saturated rings. The molecule has 1 amide bonds. The molecule has 3 N–H and O–H groups in total. The van der Waals surface area contributed by atoms with Gasteiger partial charge in [0.2, 0.25) is 0 Å². The van der Waals surface area contributed by atoms with Crippen LogP contribution in [0.15, 0.2) is 23.1 Å². The predicted molar refractivity (Wildman–Crippen MR) is 65.8 cm³/mol. The zero-order valence-corrected chi connectivity index (χ0v) is 10.9. The van der Waals surface area contributed by atoms with Crippen molar-refractivity contribution in [2.45, 2.75) is 24.2 Å². The number of carbonyl (C=O) groups excluding carboxylic acids is 1. The molecule has 0 aromatic heterocycles. The Morgan fingerprint density at radius 1 is 1.44 bits per heavy atom. The van der Waals surface area contributed by atoms with Crippen LogP contribution < -0.4 is 11.1 Å². The van der Waals surface area contributed by atoms with Crippen molar-refractivity contribution in [2.24, 2.45) is 5.73 Å². The van der Waals surface area contributed by atoms with Crippen LogP contribution in [0.2, 0.25) is 0 Å². The minimum absolute atomic E-state index is 0.0534. The molecule has 0 bridgehead atoms. The van der Waals surface area contributed by atoms with Crippen molar-refractivity contribution in [2.75, 3.05) is 11.9 Å². The summed E-state index contributed by atoms with van der Waals surface area (Å²) in [5.74, 6) is 0. The highest BCUT2D eigenvalue weighted by molar-refractivity contribution is 7.87. The molecule has 0 saturated heterocycles. The van der Waals surface area contributed by atoms with Crippen molar-refractivity contribution in [1.29, 1.82) is 0 Å². The number of anilines is 1. The second kappa shape index (κ2) is 3.88. The molecule has 1 heterocycles. The first-order valence-corrected chi connectivity index (χ1v) is 6.75. The fourth-order valence-electron chi connectivity index (χ4n) is 1.98. The molecule has 0 radical (unpaired) electrons. The lowest BCUT2D eigenvalue weighted by atomic mass is 9.87. The van der Waals surface area contributed by atoms with E-state index in [4.69, 9.17) is 5.73 Å². The number of rotatable bonds is 2. The van der Waals surface area contributed by atoms with Gasteiger partial charge in [0.25, 0.3) is 0 Å². The van der Waals surface area contributed by atoms with E-state index in [-0.39, 0.29) is 10.3 Å². The quantitative estimate of drug-likeness (QED) is 0.786. The van der Waals surface area contributed by atoms with Gasteiger partial charge in [-0.25, -0.2) is 4.79 Å². The Bertz CT molecular complexity index is 607. The second-order valence-corrected chi connectivity index (χ2v) is 6.35. The van der Waals surface area contributed by atoms with Crippen LogP contribution in [-0.2, 0) is 19.7 Å². The average molecular weight is 270 g/mol. The lowest BCUT2D eigenvalue weighted by Crippen LogP contribution is -2.19. The van der Waals surface area contributed by atoms with Crippen molar-refractivity contribution in [3.05, 3.63) is 23.8 Å². The molecule has 0 aliphatic carbocycles. The SMILES string of the molecule is CC1(C)CNc2cc(S(=O)(=O)OC(N)=O)ccc21. The number of amides is 1. The molecule has 0 atom stereocenters. The summed E-state index contributed by atoms with van der Waals surface area (Å²) in [6.07, 6.45) is -1.34. The fraction of sp³-hybridized carbons (Fsp3) is 0.364. The lowest BCUT2D eigenvalue weighted by Gasteiger charge is -2.16. The number of carbonyl (C=O) groups is 1. The van der Waals surface area contributed by atoms with E-state index in [0.29, 0.717) is 0 Å². The minimum atomic E-state index is -4.13. The van der Waals surface area contributed by atoms with Gasteiger partial charge in [-0.1, -0.05) is 19.9 Å². The van der Waals surface area contributed by atoms with E-state index in [1.165, 1.54) is 12.1 Å². The number of hydrogen-bond donors (Lipinski definition) is 2. The van der Waals surface area contributed by atoms with Crippen LogP contribution in [0.5, 0.6) is 0 Å². The summed E-state index contributed by atoms with van der Waals surface area (Å²) in [4.78, 5) is 10.4. The molecule has 18 heavy (non-hydrogen) atoms. The van der Waals surface area contributed by atoms with E-state index < -0.39 is 16.2 Å². The van der Waals surface area contributed by atoms with Gasteiger partial charge >= 0.3 is 16.2 Å². The maximum Gasteiger partial charge on any atom is 0.420 e. The number of nitrogens with two attached hydrogens (primary N) is 1. The molecule has 98 valence electrons. The smallest absolute Gasteiger partial charge is 0.384 e. The standard InChI is InChI=1S/C11H14N2O4S/c1-11(2)6-13-9-5-7(3-4-8(9)11)18(15,16)17-10(12)14/h3-5,13H,6H2,1-2H3,(H2,12,14). The van der Waals surface area contributed by atoms with E-state index in [1.54, 1.807) is 6.07 Å². The number of hydrogen-bond acceptors (Lipinski definition) is 5. The van der Waals surface area contributed by atoms with Crippen LogP contribution in [-0.4, -0.2) is 21.1 Å². The van der Waals surface area contributed by atoms with Gasteiger partial charge < -0.3 is 15.2 Å². The molecule has 0 saturated carbocycles. The summed E-state index contributed by atoms with van der Waals surface area (Å²) < 4.78 is 27.4. The number of fused-ring (bicyclic) bond motifs is 1. The van der Waals surface area contributed by atoms with Crippen molar-refractivity contribution in [1.82, 2.24) is 0 Å². The molecular formula is C11H14N2O4S. The Hall–Kier alpha value is -1.76. The van der Waals surface area contributed by atoms with Gasteiger partial charge in [-0.2, -0.15) is 8.42 Å². The first-order chi connectivity index (χ1) is 8.22. The summed E-state index contributed by atoms with van der Waals surface area (Å²) in [5, 5.41) is 3.12. The Labute approximate surface area is 105 Å². The summed E-state index contributed by atoms with van der Waals surface area (Å²) >= 11 is 0. The largest absolute Gasteiger partial charge is 0.420 e. The lowest BCUT2D eigenvalue weighted by molar-refractivity contribution is 0.212. The first-order valence-electron chi connectivity index (χ1n) is 5.35. The maximum absolute atomic E-state index is 11.7. The number of primary amides is 1. The van der Waals surface area contributed by atoms with Crippen LogP contribution in [0.25, 0.3) is 0 Å². The third kappa shape index (κ3) is 2.13. The normalized spacial score (nSPS) is 16.8. The highest BCUT2D eigenvalue weighted by Gasteiger charge is 2.31. The molecule has 7 heteroatoms. The van der Waals surface area contributed by atoms with E-state index >= 15 is 0 Å². The topological polar surface area (TPSA) is 98.5 Å². The molecule has 1 aromatic rings. The van der Waals surface area contributed by atoms with Crippen molar-refractivity contribution < 1.29 is 17.4 Å². The first kappa shape index (κ1) is 12.7. The molecule has 2 rings (SSSR count). The van der Waals surface area contributed by atoms with E-state index in [1.807, 2.05) is 0 Å². The average Bonchev–Trinajstić information content (AvgIpc) is 2.53. The molecule has 0 unspecified atom stereocenters. The van der Waals surface area contributed by atoms with Gasteiger partial charge in [0.1, 0.15) is 4.90 Å². The van der Waals surface area contributed by atoms with Crippen LogP contribution >= 0.6 is 0 Å². The Kier molecular flexibility index (Phi) is 2.73. The highest BCUT2D eigenvalue weighted by atomic mass is 32.2. The van der Waals surface area contributed by atoms with Crippen LogP contribution in [0.4, 0.5) is 10.5 Å². The summed E-state index contributed by atoms with van der Waals surface area (Å²) in [6.45, 7) is 4.84. The highest BCUT2D eigenvalue weighted by Crippen LogP contribution is 2.37. The van der Waals surface area contributed by atoms with Crippen molar-refractivity contribution in [3.63, 3.8) is 0 Å². The fourth-order valence-corrected chi connectivity index (χ4v) is 2.79. The third-order valence-corrected chi connectivity index (χ3v) is 4.14. The van der Waals surface area contributed by atoms with E-state index in [9.17, 15) is 13.2 Å². The molecule has 1 aliphatic rings. The van der Waals surface area contributed by atoms with Gasteiger partial charge in [-0.05, 0) is 17.7 Å². The van der Waals surface area contributed by atoms with Gasteiger partial charge in [-0.3, -0.25) is 0 Å². The predicted octanol–water partition coefficient (Wildman–Crippen LogP) is 1.17. The van der Waals surface area contributed by atoms with Gasteiger partial charge in [-0.15, -0.1) is 0 Å². The molecule has 0 spiro atoms. The van der Waals surface area contributed by atoms with E-state index in [0.717, 1.165) is 17.8 Å². The second-order valence-electron chi connectivity index (χ2n) is 4.80. The number of nitrogens with one attached hydrogen (secondary N) is 1. The summed E-state index contributed by atoms with van der Waals surface area (Å²) in [5.41, 5.74) is 6.42. The monoisotopic (exact) mass is 270 g/mol. The molecule has 1 aliphatic heterocycles. The summed E-state index contributed by atoms with van der Waals surface area (Å²) in [7, 11) is -4.13. The molecule has 1 aromatic carbocycles. The Morgan fingerprint density at radius 3 is 2.72 bits per heavy atom. The Morgan fingerprint density at radius 2 is 2.11 bits per heavy atom. The zero-order valence-electron chi connectivity index (χ0n) is 10.1.